The fraction of sp³-hybridized carbons (Fsp3) is 0.500. The van der Waals surface area contributed by atoms with Crippen LogP contribution in [0.3, 0.4) is 0 Å². The van der Waals surface area contributed by atoms with E-state index in [1.54, 1.807) is 0 Å². The van der Waals surface area contributed by atoms with E-state index in [-0.39, 0.29) is 42.9 Å². The molecule has 0 saturated carbocycles. The summed E-state index contributed by atoms with van der Waals surface area (Å²) < 4.78 is 40.5. The highest BCUT2D eigenvalue weighted by Crippen LogP contribution is 2.24. The van der Waals surface area contributed by atoms with Crippen LogP contribution in [0.1, 0.15) is 24.2 Å². The molecule has 28 heavy (non-hydrogen) atoms. The molecule has 2 atom stereocenters. The van der Waals surface area contributed by atoms with Crippen molar-refractivity contribution in [1.29, 1.82) is 0 Å². The maximum absolute atomic E-state index is 12.7. The van der Waals surface area contributed by atoms with E-state index in [9.17, 15) is 27.6 Å². The molecule has 1 aromatic rings. The minimum Gasteiger partial charge on any atom is -0.406 e. The second-order valence-corrected chi connectivity index (χ2v) is 7.10. The van der Waals surface area contributed by atoms with Crippen LogP contribution in [-0.2, 0) is 9.59 Å². The molecule has 2 fully saturated rings. The Balaban J connectivity index is 1.69. The van der Waals surface area contributed by atoms with Gasteiger partial charge in [0.15, 0.2) is 0 Å². The molecular formula is C18H20F3N3O4. The third-order valence-corrected chi connectivity index (χ3v) is 4.82. The van der Waals surface area contributed by atoms with Crippen LogP contribution in [-0.4, -0.2) is 65.6 Å². The Bertz CT molecular complexity index is 779. The first-order valence-electron chi connectivity index (χ1n) is 8.83. The van der Waals surface area contributed by atoms with Gasteiger partial charge in [0.05, 0.1) is 6.54 Å². The Hall–Kier alpha value is -2.78. The summed E-state index contributed by atoms with van der Waals surface area (Å²) in [5.41, 5.74) is 0.172. The molecule has 0 radical (unpaired) electrons. The van der Waals surface area contributed by atoms with Crippen LogP contribution in [0.25, 0.3) is 0 Å². The van der Waals surface area contributed by atoms with Crippen LogP contribution in [0.4, 0.5) is 13.2 Å². The van der Waals surface area contributed by atoms with Crippen LogP contribution >= 0.6 is 0 Å². The number of ether oxygens (including phenoxy) is 1. The molecule has 7 nitrogen and oxygen atoms in total. The van der Waals surface area contributed by atoms with Gasteiger partial charge in [-0.05, 0) is 30.2 Å². The second-order valence-electron chi connectivity index (χ2n) is 7.10. The quantitative estimate of drug-likeness (QED) is 0.833. The molecule has 3 rings (SSSR count). The number of halogens is 3. The Morgan fingerprint density at radius 3 is 2.39 bits per heavy atom. The smallest absolute Gasteiger partial charge is 0.406 e. The molecule has 10 heteroatoms. The first-order valence-corrected chi connectivity index (χ1v) is 8.83. The summed E-state index contributed by atoms with van der Waals surface area (Å²) in [5.74, 6) is -1.38. The number of nitrogens with zero attached hydrogens (tertiary/aromatic N) is 2. The van der Waals surface area contributed by atoms with Gasteiger partial charge in [0.2, 0.25) is 11.8 Å². The average Bonchev–Trinajstić information content (AvgIpc) is 2.63. The first-order chi connectivity index (χ1) is 13.1. The van der Waals surface area contributed by atoms with E-state index in [2.05, 4.69) is 10.1 Å². The van der Waals surface area contributed by atoms with Gasteiger partial charge < -0.3 is 19.9 Å². The summed E-state index contributed by atoms with van der Waals surface area (Å²) in [4.78, 5) is 40.5. The van der Waals surface area contributed by atoms with Gasteiger partial charge in [-0.25, -0.2) is 0 Å². The molecule has 0 aromatic heterocycles. The third-order valence-electron chi connectivity index (χ3n) is 4.82. The Labute approximate surface area is 159 Å². The lowest BCUT2D eigenvalue weighted by molar-refractivity contribution is -0.274. The van der Waals surface area contributed by atoms with E-state index in [4.69, 9.17) is 0 Å². The van der Waals surface area contributed by atoms with Gasteiger partial charge >= 0.3 is 6.36 Å². The summed E-state index contributed by atoms with van der Waals surface area (Å²) >= 11 is 0. The number of rotatable bonds is 3. The predicted octanol–water partition coefficient (Wildman–Crippen LogP) is 1.39. The van der Waals surface area contributed by atoms with Gasteiger partial charge in [-0.2, -0.15) is 0 Å². The lowest BCUT2D eigenvalue weighted by atomic mass is 9.96. The van der Waals surface area contributed by atoms with Crippen LogP contribution in [0.5, 0.6) is 5.75 Å². The number of hydrogen-bond donors (Lipinski definition) is 1. The molecule has 0 unspecified atom stereocenters. The van der Waals surface area contributed by atoms with Crippen molar-refractivity contribution in [2.45, 2.75) is 32.3 Å². The SMILES string of the molecule is CC(C)[C@@H]1NC(=O)[C@H]2CN(C(=O)c3ccc(OC(F)(F)F)cc3)CCN2C1=O. The molecule has 2 saturated heterocycles. The third kappa shape index (κ3) is 4.05. The van der Waals surface area contributed by atoms with E-state index in [0.29, 0.717) is 0 Å². The van der Waals surface area contributed by atoms with E-state index in [0.717, 1.165) is 12.1 Å². The van der Waals surface area contributed by atoms with Crippen molar-refractivity contribution in [3.05, 3.63) is 29.8 Å². The zero-order valence-corrected chi connectivity index (χ0v) is 15.3. The molecule has 1 N–H and O–H groups in total. The Morgan fingerprint density at radius 2 is 1.82 bits per heavy atom. The largest absolute Gasteiger partial charge is 0.573 e. The number of hydrogen-bond acceptors (Lipinski definition) is 4. The highest BCUT2D eigenvalue weighted by Gasteiger charge is 2.45. The average molecular weight is 399 g/mol. The van der Waals surface area contributed by atoms with Crippen molar-refractivity contribution in [1.82, 2.24) is 15.1 Å². The fourth-order valence-corrected chi connectivity index (χ4v) is 3.38. The molecule has 152 valence electrons. The van der Waals surface area contributed by atoms with Crippen LogP contribution in [0.2, 0.25) is 0 Å². The van der Waals surface area contributed by atoms with Crippen LogP contribution in [0, 0.1) is 5.92 Å². The zero-order valence-electron chi connectivity index (χ0n) is 15.3. The second kappa shape index (κ2) is 7.33. The lowest BCUT2D eigenvalue weighted by Gasteiger charge is -2.46. The maximum Gasteiger partial charge on any atom is 0.573 e. The number of fused-ring (bicyclic) bond motifs is 1. The van der Waals surface area contributed by atoms with Crippen molar-refractivity contribution in [2.75, 3.05) is 19.6 Å². The van der Waals surface area contributed by atoms with Crippen molar-refractivity contribution < 1.29 is 32.3 Å². The van der Waals surface area contributed by atoms with E-state index < -0.39 is 30.1 Å². The van der Waals surface area contributed by atoms with Crippen LogP contribution in [0.15, 0.2) is 24.3 Å². The van der Waals surface area contributed by atoms with Gasteiger partial charge in [0, 0.05) is 18.7 Å². The molecule has 2 aliphatic rings. The summed E-state index contributed by atoms with van der Waals surface area (Å²) in [7, 11) is 0. The lowest BCUT2D eigenvalue weighted by Crippen LogP contribution is -2.70. The summed E-state index contributed by atoms with van der Waals surface area (Å²) in [5, 5.41) is 2.70. The normalized spacial score (nSPS) is 22.8. The van der Waals surface area contributed by atoms with E-state index >= 15 is 0 Å². The van der Waals surface area contributed by atoms with Crippen LogP contribution < -0.4 is 10.1 Å². The minimum atomic E-state index is -4.81. The van der Waals surface area contributed by atoms with Crippen molar-refractivity contribution in [3.63, 3.8) is 0 Å². The molecule has 0 bridgehead atoms. The van der Waals surface area contributed by atoms with Gasteiger partial charge in [0.1, 0.15) is 17.8 Å². The van der Waals surface area contributed by atoms with Gasteiger partial charge in [-0.1, -0.05) is 13.8 Å². The number of carbonyl (C=O) groups is 3. The number of benzene rings is 1. The van der Waals surface area contributed by atoms with E-state index in [1.165, 1.54) is 21.9 Å². The molecule has 3 amide bonds. The van der Waals surface area contributed by atoms with Gasteiger partial charge in [-0.3, -0.25) is 14.4 Å². The molecule has 0 spiro atoms. The number of carbonyl (C=O) groups excluding carboxylic acids is 3. The predicted molar refractivity (Wildman–Crippen MR) is 91.3 cm³/mol. The van der Waals surface area contributed by atoms with Gasteiger partial charge in [-0.15, -0.1) is 13.2 Å². The van der Waals surface area contributed by atoms with Gasteiger partial charge in [0.25, 0.3) is 5.91 Å². The zero-order chi connectivity index (χ0) is 20.6. The Morgan fingerprint density at radius 1 is 1.18 bits per heavy atom. The fourth-order valence-electron chi connectivity index (χ4n) is 3.38. The molecule has 2 heterocycles. The number of piperazine rings is 2. The standard InChI is InChI=1S/C18H20F3N3O4/c1-10(2)14-17(27)24-8-7-23(9-13(24)15(25)22-14)16(26)11-3-5-12(6-4-11)28-18(19,20)21/h3-6,10,13-14H,7-9H2,1-2H3,(H,22,25)/t13-,14+/m1/s1. The number of amides is 3. The molecule has 0 aliphatic carbocycles. The monoisotopic (exact) mass is 399 g/mol. The Kier molecular flexibility index (Phi) is 5.22. The highest BCUT2D eigenvalue weighted by atomic mass is 19.4. The summed E-state index contributed by atoms with van der Waals surface area (Å²) in [6.07, 6.45) is -4.81. The highest BCUT2D eigenvalue weighted by molar-refractivity contribution is 5.99. The molecule has 1 aromatic carbocycles. The van der Waals surface area contributed by atoms with Crippen molar-refractivity contribution in [3.8, 4) is 5.75 Å². The molecule has 2 aliphatic heterocycles. The first kappa shape index (κ1) is 20.0. The summed E-state index contributed by atoms with van der Waals surface area (Å²) in [6, 6.07) is 3.23. The maximum atomic E-state index is 12.7. The van der Waals surface area contributed by atoms with E-state index in [1.807, 2.05) is 13.8 Å². The summed E-state index contributed by atoms with van der Waals surface area (Å²) in [6.45, 7) is 4.17. The van der Waals surface area contributed by atoms with Crippen molar-refractivity contribution in [2.24, 2.45) is 5.92 Å². The molecular weight excluding hydrogens is 379 g/mol. The minimum absolute atomic E-state index is 0.0298. The van der Waals surface area contributed by atoms with Crippen molar-refractivity contribution >= 4 is 17.7 Å². The number of alkyl halides is 3. The number of nitrogens with one attached hydrogen (secondary N) is 1. The topological polar surface area (TPSA) is 79.0 Å².